The third-order valence-electron chi connectivity index (χ3n) is 3.74. The van der Waals surface area contributed by atoms with Crippen LogP contribution in [0.5, 0.6) is 5.75 Å². The molecular weight excluding hydrogens is 352 g/mol. The molecule has 0 saturated carbocycles. The predicted octanol–water partition coefficient (Wildman–Crippen LogP) is 2.80. The molecule has 0 unspecified atom stereocenters. The lowest BCUT2D eigenvalue weighted by Gasteiger charge is -2.10. The Balaban J connectivity index is 1.92. The van der Waals surface area contributed by atoms with Crippen molar-refractivity contribution in [2.24, 2.45) is 0 Å². The average molecular weight is 370 g/mol. The molecule has 134 valence electrons. The molecule has 0 aliphatic heterocycles. The summed E-state index contributed by atoms with van der Waals surface area (Å²) in [6, 6.07) is 15.8. The van der Waals surface area contributed by atoms with Crippen LogP contribution >= 0.6 is 0 Å². The Labute approximate surface area is 152 Å². The Morgan fingerprint density at radius 1 is 1.00 bits per heavy atom. The molecule has 3 rings (SSSR count). The van der Waals surface area contributed by atoms with Gasteiger partial charge in [-0.2, -0.15) is 0 Å². The molecular formula is C18H18N4O3S. The van der Waals surface area contributed by atoms with E-state index in [1.165, 1.54) is 25.5 Å². The Hall–Kier alpha value is -2.97. The summed E-state index contributed by atoms with van der Waals surface area (Å²) in [5.41, 5.74) is 2.14. The zero-order valence-electron chi connectivity index (χ0n) is 14.3. The van der Waals surface area contributed by atoms with Crippen molar-refractivity contribution < 1.29 is 13.2 Å². The lowest BCUT2D eigenvalue weighted by atomic mass is 10.1. The van der Waals surface area contributed by atoms with E-state index in [-0.39, 0.29) is 4.90 Å². The maximum Gasteiger partial charge on any atom is 0.240 e. The summed E-state index contributed by atoms with van der Waals surface area (Å²) in [7, 11) is -0.534. The number of ether oxygens (including phenoxy) is 1. The summed E-state index contributed by atoms with van der Waals surface area (Å²) in [6.45, 7) is 0. The van der Waals surface area contributed by atoms with Crippen molar-refractivity contribution in [1.29, 1.82) is 0 Å². The average Bonchev–Trinajstić information content (AvgIpc) is 2.68. The maximum atomic E-state index is 11.9. The number of benzene rings is 2. The maximum absolute atomic E-state index is 11.9. The van der Waals surface area contributed by atoms with Crippen molar-refractivity contribution >= 4 is 21.5 Å². The van der Waals surface area contributed by atoms with Crippen LogP contribution in [0.3, 0.4) is 0 Å². The molecule has 26 heavy (non-hydrogen) atoms. The van der Waals surface area contributed by atoms with E-state index >= 15 is 0 Å². The van der Waals surface area contributed by atoms with Gasteiger partial charge in [0.25, 0.3) is 0 Å². The first kappa shape index (κ1) is 17.8. The second-order valence-electron chi connectivity index (χ2n) is 5.35. The molecule has 0 atom stereocenters. The normalized spacial score (nSPS) is 11.2. The van der Waals surface area contributed by atoms with E-state index < -0.39 is 10.0 Å². The molecule has 2 aromatic carbocycles. The molecule has 0 saturated heterocycles. The molecule has 7 nitrogen and oxygen atoms in total. The summed E-state index contributed by atoms with van der Waals surface area (Å²) >= 11 is 0. The highest BCUT2D eigenvalue weighted by Gasteiger charge is 2.12. The number of aromatic nitrogens is 2. The number of para-hydroxylation sites is 1. The van der Waals surface area contributed by atoms with Crippen molar-refractivity contribution in [3.05, 3.63) is 60.9 Å². The summed E-state index contributed by atoms with van der Waals surface area (Å²) in [5, 5.41) is 3.10. The minimum absolute atomic E-state index is 0.170. The smallest absolute Gasteiger partial charge is 0.240 e. The van der Waals surface area contributed by atoms with Gasteiger partial charge in [-0.05, 0) is 37.4 Å². The molecule has 0 bridgehead atoms. The van der Waals surface area contributed by atoms with Gasteiger partial charge in [-0.25, -0.2) is 23.1 Å². The lowest BCUT2D eigenvalue weighted by molar-refractivity contribution is 0.416. The van der Waals surface area contributed by atoms with Crippen LogP contribution in [0.4, 0.5) is 11.5 Å². The molecule has 0 radical (unpaired) electrons. The van der Waals surface area contributed by atoms with Gasteiger partial charge in [0.15, 0.2) is 0 Å². The SMILES string of the molecule is CNS(=O)(=O)c1cccc(Nc2cc(-c3ccccc3OC)ncn2)c1. The minimum atomic E-state index is -3.51. The molecule has 0 spiro atoms. The monoisotopic (exact) mass is 370 g/mol. The van der Waals surface area contributed by atoms with Crippen molar-refractivity contribution in [1.82, 2.24) is 14.7 Å². The molecule has 0 aliphatic carbocycles. The van der Waals surface area contributed by atoms with Gasteiger partial charge in [-0.15, -0.1) is 0 Å². The number of methoxy groups -OCH3 is 1. The number of hydrogen-bond donors (Lipinski definition) is 2. The van der Waals surface area contributed by atoms with Gasteiger partial charge in [-0.3, -0.25) is 0 Å². The van der Waals surface area contributed by atoms with E-state index in [0.29, 0.717) is 22.9 Å². The molecule has 8 heteroatoms. The van der Waals surface area contributed by atoms with Crippen LogP contribution in [0.25, 0.3) is 11.3 Å². The van der Waals surface area contributed by atoms with Crippen LogP contribution in [0.15, 0.2) is 65.8 Å². The number of hydrogen-bond acceptors (Lipinski definition) is 6. The third kappa shape index (κ3) is 3.81. The van der Waals surface area contributed by atoms with E-state index in [1.807, 2.05) is 24.3 Å². The van der Waals surface area contributed by atoms with Gasteiger partial charge in [0.1, 0.15) is 17.9 Å². The van der Waals surface area contributed by atoms with E-state index in [2.05, 4.69) is 20.0 Å². The van der Waals surface area contributed by atoms with Gasteiger partial charge < -0.3 is 10.1 Å². The summed E-state index contributed by atoms with van der Waals surface area (Å²) in [6.07, 6.45) is 1.44. The van der Waals surface area contributed by atoms with Gasteiger partial charge in [0.2, 0.25) is 10.0 Å². The molecule has 3 aromatic rings. The van der Waals surface area contributed by atoms with Crippen molar-refractivity contribution in [3.63, 3.8) is 0 Å². The fourth-order valence-corrected chi connectivity index (χ4v) is 3.21. The number of nitrogens with one attached hydrogen (secondary N) is 2. The van der Waals surface area contributed by atoms with Crippen LogP contribution in [0.1, 0.15) is 0 Å². The molecule has 0 fully saturated rings. The third-order valence-corrected chi connectivity index (χ3v) is 5.15. The van der Waals surface area contributed by atoms with Crippen molar-refractivity contribution in [2.75, 3.05) is 19.5 Å². The number of sulfonamides is 1. The quantitative estimate of drug-likeness (QED) is 0.693. The first-order chi connectivity index (χ1) is 12.5. The fourth-order valence-electron chi connectivity index (χ4n) is 2.44. The Kier molecular flexibility index (Phi) is 5.15. The van der Waals surface area contributed by atoms with Crippen LogP contribution in [0.2, 0.25) is 0 Å². The van der Waals surface area contributed by atoms with E-state index in [1.54, 1.807) is 25.3 Å². The van der Waals surface area contributed by atoms with Gasteiger partial charge in [0.05, 0.1) is 17.7 Å². The highest BCUT2D eigenvalue weighted by molar-refractivity contribution is 7.89. The van der Waals surface area contributed by atoms with Gasteiger partial charge in [0, 0.05) is 17.3 Å². The zero-order chi connectivity index (χ0) is 18.6. The molecule has 0 aliphatic rings. The summed E-state index contributed by atoms with van der Waals surface area (Å²) in [5.74, 6) is 1.25. The standard InChI is InChI=1S/C18H18N4O3S/c1-19-26(23,24)14-7-5-6-13(10-14)22-18-11-16(20-12-21-18)15-8-3-4-9-17(15)25-2/h3-12,19H,1-2H3,(H,20,21,22). The second-order valence-corrected chi connectivity index (χ2v) is 7.24. The van der Waals surface area contributed by atoms with Crippen LogP contribution < -0.4 is 14.8 Å². The summed E-state index contributed by atoms with van der Waals surface area (Å²) in [4.78, 5) is 8.66. The Morgan fingerprint density at radius 2 is 1.81 bits per heavy atom. The minimum Gasteiger partial charge on any atom is -0.496 e. The fraction of sp³-hybridized carbons (Fsp3) is 0.111. The van der Waals surface area contributed by atoms with E-state index in [9.17, 15) is 8.42 Å². The van der Waals surface area contributed by atoms with E-state index in [4.69, 9.17) is 4.74 Å². The van der Waals surface area contributed by atoms with Gasteiger partial charge in [-0.1, -0.05) is 18.2 Å². The highest BCUT2D eigenvalue weighted by Crippen LogP contribution is 2.29. The molecule has 2 N–H and O–H groups in total. The first-order valence-electron chi connectivity index (χ1n) is 7.79. The number of anilines is 2. The van der Waals surface area contributed by atoms with Crippen LogP contribution in [-0.2, 0) is 10.0 Å². The first-order valence-corrected chi connectivity index (χ1v) is 9.28. The number of rotatable bonds is 6. The van der Waals surface area contributed by atoms with Gasteiger partial charge >= 0.3 is 0 Å². The van der Waals surface area contributed by atoms with E-state index in [0.717, 1.165) is 5.56 Å². The Bertz CT molecular complexity index is 1020. The highest BCUT2D eigenvalue weighted by atomic mass is 32.2. The molecule has 1 aromatic heterocycles. The zero-order valence-corrected chi connectivity index (χ0v) is 15.1. The second kappa shape index (κ2) is 7.51. The van der Waals surface area contributed by atoms with Crippen molar-refractivity contribution in [3.8, 4) is 17.0 Å². The number of nitrogens with zero attached hydrogens (tertiary/aromatic N) is 2. The lowest BCUT2D eigenvalue weighted by Crippen LogP contribution is -2.18. The Morgan fingerprint density at radius 3 is 2.58 bits per heavy atom. The molecule has 0 amide bonds. The van der Waals surface area contributed by atoms with Crippen LogP contribution in [-0.4, -0.2) is 32.5 Å². The largest absolute Gasteiger partial charge is 0.496 e. The summed E-state index contributed by atoms with van der Waals surface area (Å²) < 4.78 is 31.5. The predicted molar refractivity (Wildman–Crippen MR) is 100.0 cm³/mol. The topological polar surface area (TPSA) is 93.2 Å². The van der Waals surface area contributed by atoms with Crippen LogP contribution in [0, 0.1) is 0 Å². The van der Waals surface area contributed by atoms with Crippen molar-refractivity contribution in [2.45, 2.75) is 4.90 Å². The molecule has 1 heterocycles.